The summed E-state index contributed by atoms with van der Waals surface area (Å²) in [5, 5.41) is 0.0683. The Morgan fingerprint density at radius 1 is 1.34 bits per heavy atom. The van der Waals surface area contributed by atoms with E-state index < -0.39 is 23.5 Å². The van der Waals surface area contributed by atoms with E-state index in [1.165, 1.54) is 19.4 Å². The highest BCUT2D eigenvalue weighted by atomic mass is 35.5. The number of carbonyl (C=O) groups is 3. The first kappa shape index (κ1) is 18.5. The first-order chi connectivity index (χ1) is 13.9. The fourth-order valence-electron chi connectivity index (χ4n) is 5.20. The molecule has 0 aromatic rings. The van der Waals surface area contributed by atoms with Crippen molar-refractivity contribution in [2.24, 2.45) is 16.3 Å². The molecule has 1 saturated heterocycles. The third-order valence-electron chi connectivity index (χ3n) is 6.56. The first-order valence-electron chi connectivity index (χ1n) is 9.50. The molecule has 0 N–H and O–H groups in total. The smallest absolute Gasteiger partial charge is 0.314 e. The minimum atomic E-state index is -0.832. The number of rotatable bonds is 1. The molecule has 5 aliphatic rings. The van der Waals surface area contributed by atoms with E-state index in [9.17, 15) is 18.8 Å². The minimum absolute atomic E-state index is 0.00701. The Balaban J connectivity index is 1.78. The molecule has 6 nitrogen and oxygen atoms in total. The summed E-state index contributed by atoms with van der Waals surface area (Å²) < 4.78 is 19.8. The van der Waals surface area contributed by atoms with E-state index in [1.807, 2.05) is 0 Å². The number of esters is 1. The van der Waals surface area contributed by atoms with Crippen LogP contribution in [0.5, 0.6) is 0 Å². The van der Waals surface area contributed by atoms with Gasteiger partial charge in [0, 0.05) is 36.2 Å². The number of ether oxygens (including phenoxy) is 1. The lowest BCUT2D eigenvalue weighted by Crippen LogP contribution is -2.49. The molecule has 0 aromatic heterocycles. The minimum Gasteiger partial charge on any atom is -0.468 e. The van der Waals surface area contributed by atoms with E-state index in [0.717, 1.165) is 24.5 Å². The molecule has 0 aromatic carbocycles. The number of allylic oxidation sites excluding steroid dienone is 6. The second-order valence-electron chi connectivity index (χ2n) is 8.15. The zero-order valence-corrected chi connectivity index (χ0v) is 16.5. The van der Waals surface area contributed by atoms with E-state index in [1.54, 1.807) is 4.90 Å². The number of nitrogens with zero attached hydrogens (tertiary/aromatic N) is 2. The van der Waals surface area contributed by atoms with Gasteiger partial charge in [0.05, 0.1) is 24.7 Å². The quantitative estimate of drug-likeness (QED) is 0.615. The van der Waals surface area contributed by atoms with Gasteiger partial charge in [-0.25, -0.2) is 4.39 Å². The van der Waals surface area contributed by atoms with Crippen LogP contribution >= 0.6 is 11.6 Å². The molecule has 0 bridgehead atoms. The van der Waals surface area contributed by atoms with Gasteiger partial charge in [-0.1, -0.05) is 11.6 Å². The third kappa shape index (κ3) is 2.60. The molecule has 3 heterocycles. The Morgan fingerprint density at radius 2 is 2.10 bits per heavy atom. The second-order valence-corrected chi connectivity index (χ2v) is 8.56. The average Bonchev–Trinajstić information content (AvgIpc) is 3.38. The summed E-state index contributed by atoms with van der Waals surface area (Å²) in [6.07, 6.45) is 5.83. The zero-order chi connectivity index (χ0) is 20.5. The Kier molecular flexibility index (Phi) is 3.97. The molecule has 2 aliphatic carbocycles. The monoisotopic (exact) mass is 416 g/mol. The molecule has 1 saturated carbocycles. The van der Waals surface area contributed by atoms with Crippen LogP contribution in [0.3, 0.4) is 0 Å². The highest BCUT2D eigenvalue weighted by Crippen LogP contribution is 2.61. The Hall–Kier alpha value is -2.54. The van der Waals surface area contributed by atoms with Crippen molar-refractivity contribution in [3.63, 3.8) is 0 Å². The Bertz CT molecular complexity index is 1030. The van der Waals surface area contributed by atoms with Crippen LogP contribution in [0, 0.1) is 11.3 Å². The summed E-state index contributed by atoms with van der Waals surface area (Å²) in [4.78, 5) is 43.7. The van der Waals surface area contributed by atoms with Gasteiger partial charge in [-0.3, -0.25) is 19.4 Å². The standard InChI is InChI=1S/C21H18ClFN2O4/c1-29-20(28)13-9-25-16(27)6-21(2-3-21)19(25)12-7-24-8-14(22)18-11(17(12)13)4-10(26)5-15(18)23/h4-5,8,13,19H,2-3,6-7,9H2,1H3. The largest absolute Gasteiger partial charge is 0.468 e. The zero-order valence-electron chi connectivity index (χ0n) is 15.7. The first-order valence-corrected chi connectivity index (χ1v) is 9.88. The van der Waals surface area contributed by atoms with Gasteiger partial charge < -0.3 is 9.64 Å². The SMILES string of the molecule is COC(=O)C1CN2C(=O)CC3(CC3)C2C2=C1C1=CC(=O)C=C(F)C1=C(Cl)C=NC2. The number of hydrogen-bond donors (Lipinski definition) is 0. The Morgan fingerprint density at radius 3 is 2.79 bits per heavy atom. The lowest BCUT2D eigenvalue weighted by molar-refractivity contribution is -0.146. The fourth-order valence-corrected chi connectivity index (χ4v) is 5.46. The highest BCUT2D eigenvalue weighted by molar-refractivity contribution is 6.40. The predicted molar refractivity (Wildman–Crippen MR) is 103 cm³/mol. The molecular formula is C21H18ClFN2O4. The number of hydrogen-bond acceptors (Lipinski definition) is 5. The topological polar surface area (TPSA) is 76.0 Å². The van der Waals surface area contributed by atoms with E-state index >= 15 is 0 Å². The molecule has 8 heteroatoms. The van der Waals surface area contributed by atoms with Crippen molar-refractivity contribution in [3.05, 3.63) is 45.3 Å². The summed E-state index contributed by atoms with van der Waals surface area (Å²) in [5.41, 5.74) is 1.50. The number of halogens is 2. The van der Waals surface area contributed by atoms with Crippen molar-refractivity contribution in [3.8, 4) is 0 Å². The molecule has 150 valence electrons. The maximum Gasteiger partial charge on any atom is 0.314 e. The highest BCUT2D eigenvalue weighted by Gasteiger charge is 2.62. The number of ketones is 1. The number of carbonyl (C=O) groups excluding carboxylic acids is 3. The number of amides is 1. The lowest BCUT2D eigenvalue weighted by Gasteiger charge is -2.41. The maximum atomic E-state index is 14.8. The lowest BCUT2D eigenvalue weighted by atomic mass is 9.74. The van der Waals surface area contributed by atoms with E-state index in [4.69, 9.17) is 16.3 Å². The van der Waals surface area contributed by atoms with Crippen molar-refractivity contribution >= 4 is 35.5 Å². The van der Waals surface area contributed by atoms with Gasteiger partial charge in [0.1, 0.15) is 11.7 Å². The third-order valence-corrected chi connectivity index (χ3v) is 6.84. The normalized spacial score (nSPS) is 29.7. The van der Waals surface area contributed by atoms with Crippen molar-refractivity contribution in [2.45, 2.75) is 25.3 Å². The van der Waals surface area contributed by atoms with Gasteiger partial charge in [0.15, 0.2) is 5.78 Å². The molecule has 1 spiro atoms. The summed E-state index contributed by atoms with van der Waals surface area (Å²) >= 11 is 6.30. The molecule has 5 rings (SSSR count). The summed E-state index contributed by atoms with van der Waals surface area (Å²) in [6, 6.07) is -0.203. The second kappa shape index (κ2) is 6.23. The molecule has 2 unspecified atom stereocenters. The van der Waals surface area contributed by atoms with Gasteiger partial charge in [-0.15, -0.1) is 0 Å². The van der Waals surface area contributed by atoms with Gasteiger partial charge in [0.25, 0.3) is 0 Å². The number of methoxy groups -OCH3 is 1. The molecule has 1 amide bonds. The van der Waals surface area contributed by atoms with Crippen LogP contribution in [0.2, 0.25) is 0 Å². The fraction of sp³-hybridized carbons (Fsp3) is 0.429. The molecule has 2 fully saturated rings. The number of aliphatic imine (C=N–C) groups is 1. The van der Waals surface area contributed by atoms with Crippen LogP contribution in [0.1, 0.15) is 19.3 Å². The average molecular weight is 417 g/mol. The van der Waals surface area contributed by atoms with Crippen LogP contribution in [0.25, 0.3) is 0 Å². The van der Waals surface area contributed by atoms with Crippen molar-refractivity contribution < 1.29 is 23.5 Å². The summed E-state index contributed by atoms with van der Waals surface area (Å²) in [5.74, 6) is -2.63. The van der Waals surface area contributed by atoms with E-state index in [0.29, 0.717) is 17.6 Å². The van der Waals surface area contributed by atoms with Crippen LogP contribution in [-0.2, 0) is 19.1 Å². The van der Waals surface area contributed by atoms with Gasteiger partial charge in [-0.05, 0) is 35.6 Å². The molecular weight excluding hydrogens is 399 g/mol. The van der Waals surface area contributed by atoms with E-state index in [-0.39, 0.29) is 41.1 Å². The molecule has 2 atom stereocenters. The van der Waals surface area contributed by atoms with Crippen molar-refractivity contribution in [1.82, 2.24) is 4.90 Å². The Labute approximate surface area is 171 Å². The van der Waals surface area contributed by atoms with Crippen LogP contribution in [0.4, 0.5) is 4.39 Å². The molecule has 0 radical (unpaired) electrons. The predicted octanol–water partition coefficient (Wildman–Crippen LogP) is 2.41. The summed E-state index contributed by atoms with van der Waals surface area (Å²) in [6.45, 7) is 0.363. The van der Waals surface area contributed by atoms with Crippen LogP contribution in [0.15, 0.2) is 50.3 Å². The van der Waals surface area contributed by atoms with Gasteiger partial charge >= 0.3 is 5.97 Å². The summed E-state index contributed by atoms with van der Waals surface area (Å²) in [7, 11) is 1.27. The molecule has 3 aliphatic heterocycles. The number of fused-ring (bicyclic) bond motifs is 5. The molecule has 29 heavy (non-hydrogen) atoms. The van der Waals surface area contributed by atoms with Crippen LogP contribution < -0.4 is 0 Å². The van der Waals surface area contributed by atoms with Gasteiger partial charge in [0.2, 0.25) is 5.91 Å². The van der Waals surface area contributed by atoms with Crippen molar-refractivity contribution in [2.75, 3.05) is 20.2 Å². The van der Waals surface area contributed by atoms with Crippen LogP contribution in [-0.4, -0.2) is 55.0 Å². The maximum absolute atomic E-state index is 14.8. The van der Waals surface area contributed by atoms with E-state index in [2.05, 4.69) is 4.99 Å². The van der Waals surface area contributed by atoms with Crippen molar-refractivity contribution in [1.29, 1.82) is 0 Å². The van der Waals surface area contributed by atoms with Gasteiger partial charge in [-0.2, -0.15) is 0 Å².